The molecule has 0 aromatic rings. The Morgan fingerprint density at radius 2 is 2.25 bits per heavy atom. The Bertz CT molecular complexity index is 249. The highest BCUT2D eigenvalue weighted by Gasteiger charge is 2.40. The Hall–Kier alpha value is -0.680. The molecule has 0 aromatic heterocycles. The standard InChI is InChI=1S/C12H20O4/c1-5-7-14-11(9(13)6-2)10-8-15-12(3,4)16-10/h5-6,9-11,13H,1-2,7-8H2,3-4H3/t9-,10-,11+/m1/s1. The van der Waals surface area contributed by atoms with Crippen LogP contribution in [-0.2, 0) is 14.2 Å². The quantitative estimate of drug-likeness (QED) is 0.695. The van der Waals surface area contributed by atoms with Crippen LogP contribution in [0.15, 0.2) is 25.3 Å². The molecule has 4 heteroatoms. The van der Waals surface area contributed by atoms with E-state index >= 15 is 0 Å². The minimum Gasteiger partial charge on any atom is -0.386 e. The summed E-state index contributed by atoms with van der Waals surface area (Å²) in [4.78, 5) is 0. The number of aliphatic hydroxyl groups is 1. The maximum absolute atomic E-state index is 9.76. The number of hydrogen-bond acceptors (Lipinski definition) is 4. The lowest BCUT2D eigenvalue weighted by Gasteiger charge is -2.26. The second kappa shape index (κ2) is 5.59. The largest absolute Gasteiger partial charge is 0.386 e. The Labute approximate surface area is 96.5 Å². The minimum atomic E-state index is -0.776. The lowest BCUT2D eigenvalue weighted by molar-refractivity contribution is -0.163. The molecule has 0 radical (unpaired) electrons. The van der Waals surface area contributed by atoms with E-state index in [0.29, 0.717) is 13.2 Å². The molecule has 4 nitrogen and oxygen atoms in total. The predicted octanol–water partition coefficient (Wildman–Crippen LogP) is 1.26. The molecular weight excluding hydrogens is 208 g/mol. The summed E-state index contributed by atoms with van der Waals surface area (Å²) < 4.78 is 16.6. The van der Waals surface area contributed by atoms with Crippen LogP contribution in [0.5, 0.6) is 0 Å². The van der Waals surface area contributed by atoms with E-state index in [1.165, 1.54) is 6.08 Å². The molecule has 1 N–H and O–H groups in total. The van der Waals surface area contributed by atoms with Gasteiger partial charge in [0.2, 0.25) is 0 Å². The molecule has 1 saturated heterocycles. The Morgan fingerprint density at radius 1 is 1.56 bits per heavy atom. The number of hydrogen-bond donors (Lipinski definition) is 1. The fourth-order valence-corrected chi connectivity index (χ4v) is 1.62. The van der Waals surface area contributed by atoms with E-state index < -0.39 is 18.0 Å². The fourth-order valence-electron chi connectivity index (χ4n) is 1.62. The van der Waals surface area contributed by atoms with E-state index in [4.69, 9.17) is 14.2 Å². The number of aliphatic hydroxyl groups excluding tert-OH is 1. The molecule has 3 atom stereocenters. The van der Waals surface area contributed by atoms with Gasteiger partial charge in [-0.1, -0.05) is 12.2 Å². The topological polar surface area (TPSA) is 47.9 Å². The van der Waals surface area contributed by atoms with Crippen molar-refractivity contribution in [2.75, 3.05) is 13.2 Å². The summed E-state index contributed by atoms with van der Waals surface area (Å²) in [6.45, 7) is 11.5. The van der Waals surface area contributed by atoms with Crippen LogP contribution in [0, 0.1) is 0 Å². The second-order valence-electron chi connectivity index (χ2n) is 4.18. The summed E-state index contributed by atoms with van der Waals surface area (Å²) in [5.41, 5.74) is 0. The molecule has 1 aliphatic heterocycles. The molecule has 0 spiro atoms. The van der Waals surface area contributed by atoms with Crippen molar-refractivity contribution in [2.24, 2.45) is 0 Å². The molecule has 0 aliphatic carbocycles. The molecule has 1 aliphatic rings. The normalized spacial score (nSPS) is 27.3. The van der Waals surface area contributed by atoms with Gasteiger partial charge in [0.25, 0.3) is 0 Å². The Balaban J connectivity index is 2.62. The van der Waals surface area contributed by atoms with Crippen LogP contribution in [0.4, 0.5) is 0 Å². The zero-order valence-electron chi connectivity index (χ0n) is 9.89. The highest BCUT2D eigenvalue weighted by Crippen LogP contribution is 2.26. The van der Waals surface area contributed by atoms with Gasteiger partial charge in [0.1, 0.15) is 18.3 Å². The fraction of sp³-hybridized carbons (Fsp3) is 0.667. The van der Waals surface area contributed by atoms with Gasteiger partial charge < -0.3 is 19.3 Å². The Morgan fingerprint density at radius 3 is 2.69 bits per heavy atom. The highest BCUT2D eigenvalue weighted by molar-refractivity contribution is 4.92. The first-order valence-corrected chi connectivity index (χ1v) is 5.35. The molecule has 1 rings (SSSR count). The maximum Gasteiger partial charge on any atom is 0.163 e. The van der Waals surface area contributed by atoms with Gasteiger partial charge in [-0.25, -0.2) is 0 Å². The van der Waals surface area contributed by atoms with Crippen LogP contribution < -0.4 is 0 Å². The van der Waals surface area contributed by atoms with Gasteiger partial charge in [-0.05, 0) is 13.8 Å². The number of ether oxygens (including phenoxy) is 3. The summed E-state index contributed by atoms with van der Waals surface area (Å²) in [6.07, 6.45) is 1.52. The predicted molar refractivity (Wildman–Crippen MR) is 61.0 cm³/mol. The molecular formula is C12H20O4. The van der Waals surface area contributed by atoms with Crippen molar-refractivity contribution in [2.45, 2.75) is 37.9 Å². The van der Waals surface area contributed by atoms with Gasteiger partial charge in [0.15, 0.2) is 5.79 Å². The molecule has 0 amide bonds. The van der Waals surface area contributed by atoms with Crippen LogP contribution in [0.2, 0.25) is 0 Å². The highest BCUT2D eigenvalue weighted by atomic mass is 16.7. The van der Waals surface area contributed by atoms with E-state index in [1.54, 1.807) is 6.08 Å². The van der Waals surface area contributed by atoms with Gasteiger partial charge in [-0.3, -0.25) is 0 Å². The van der Waals surface area contributed by atoms with Gasteiger partial charge in [0, 0.05) is 0 Å². The molecule has 0 aromatic carbocycles. The molecule has 0 saturated carbocycles. The van der Waals surface area contributed by atoms with Crippen molar-refractivity contribution in [1.82, 2.24) is 0 Å². The second-order valence-corrected chi connectivity index (χ2v) is 4.18. The third kappa shape index (κ3) is 3.42. The van der Waals surface area contributed by atoms with Crippen molar-refractivity contribution < 1.29 is 19.3 Å². The monoisotopic (exact) mass is 228 g/mol. The van der Waals surface area contributed by atoms with Crippen LogP contribution in [0.1, 0.15) is 13.8 Å². The van der Waals surface area contributed by atoms with Crippen LogP contribution >= 0.6 is 0 Å². The first-order chi connectivity index (χ1) is 7.50. The van der Waals surface area contributed by atoms with Gasteiger partial charge >= 0.3 is 0 Å². The van der Waals surface area contributed by atoms with Gasteiger partial charge in [0.05, 0.1) is 13.2 Å². The van der Waals surface area contributed by atoms with Crippen molar-refractivity contribution in [3.8, 4) is 0 Å². The zero-order chi connectivity index (χ0) is 12.2. The molecule has 1 fully saturated rings. The lowest BCUT2D eigenvalue weighted by Crippen LogP contribution is -2.41. The molecule has 0 bridgehead atoms. The van der Waals surface area contributed by atoms with Gasteiger partial charge in [-0.15, -0.1) is 13.2 Å². The van der Waals surface area contributed by atoms with Gasteiger partial charge in [-0.2, -0.15) is 0 Å². The summed E-state index contributed by atoms with van der Waals surface area (Å²) in [6, 6.07) is 0. The summed E-state index contributed by atoms with van der Waals surface area (Å²) in [7, 11) is 0. The van der Waals surface area contributed by atoms with E-state index in [0.717, 1.165) is 0 Å². The molecule has 92 valence electrons. The van der Waals surface area contributed by atoms with E-state index in [9.17, 15) is 5.11 Å². The van der Waals surface area contributed by atoms with Crippen LogP contribution in [-0.4, -0.2) is 42.4 Å². The maximum atomic E-state index is 9.76. The number of rotatable bonds is 6. The average Bonchev–Trinajstić information content (AvgIpc) is 2.59. The average molecular weight is 228 g/mol. The Kier molecular flexibility index (Phi) is 4.68. The molecule has 1 heterocycles. The minimum absolute atomic E-state index is 0.289. The van der Waals surface area contributed by atoms with Crippen molar-refractivity contribution in [3.05, 3.63) is 25.3 Å². The third-order valence-corrected chi connectivity index (χ3v) is 2.38. The molecule has 16 heavy (non-hydrogen) atoms. The van der Waals surface area contributed by atoms with Crippen molar-refractivity contribution in [3.63, 3.8) is 0 Å². The van der Waals surface area contributed by atoms with E-state index in [-0.39, 0.29) is 6.10 Å². The van der Waals surface area contributed by atoms with E-state index in [1.807, 2.05) is 13.8 Å². The zero-order valence-corrected chi connectivity index (χ0v) is 9.89. The van der Waals surface area contributed by atoms with Crippen molar-refractivity contribution >= 4 is 0 Å². The van der Waals surface area contributed by atoms with Crippen LogP contribution in [0.3, 0.4) is 0 Å². The SMILES string of the molecule is C=CCO[C@@H]([C@H](O)C=C)[C@H]1COC(C)(C)O1. The van der Waals surface area contributed by atoms with Crippen LogP contribution in [0.25, 0.3) is 0 Å². The summed E-state index contributed by atoms with van der Waals surface area (Å²) >= 11 is 0. The molecule has 0 unspecified atom stereocenters. The summed E-state index contributed by atoms with van der Waals surface area (Å²) in [5.74, 6) is -0.624. The smallest absolute Gasteiger partial charge is 0.163 e. The van der Waals surface area contributed by atoms with E-state index in [2.05, 4.69) is 13.2 Å². The first kappa shape index (κ1) is 13.4. The lowest BCUT2D eigenvalue weighted by atomic mass is 10.1. The summed E-state index contributed by atoms with van der Waals surface area (Å²) in [5, 5.41) is 9.76. The third-order valence-electron chi connectivity index (χ3n) is 2.38. The first-order valence-electron chi connectivity index (χ1n) is 5.35. The van der Waals surface area contributed by atoms with Crippen molar-refractivity contribution in [1.29, 1.82) is 0 Å².